The van der Waals surface area contributed by atoms with E-state index >= 15 is 0 Å². The summed E-state index contributed by atoms with van der Waals surface area (Å²) in [5.41, 5.74) is 5.98. The molecule has 4 aromatic carbocycles. The van der Waals surface area contributed by atoms with Gasteiger partial charge in [0.15, 0.2) is 0 Å². The monoisotopic (exact) mass is 537 g/mol. The van der Waals surface area contributed by atoms with Crippen LogP contribution in [0.4, 0.5) is 16.2 Å². The Bertz CT molecular complexity index is 1310. The zero-order valence-corrected chi connectivity index (χ0v) is 21.9. The highest BCUT2D eigenvalue weighted by Gasteiger charge is 2.25. The molecule has 0 aliphatic rings. The molecule has 8 nitrogen and oxygen atoms in total. The van der Waals surface area contributed by atoms with Crippen LogP contribution in [0.5, 0.6) is 0 Å². The highest BCUT2D eigenvalue weighted by molar-refractivity contribution is 5.88. The second-order valence-electron chi connectivity index (χ2n) is 8.93. The second kappa shape index (κ2) is 14.7. The molecule has 0 aliphatic carbocycles. The van der Waals surface area contributed by atoms with Gasteiger partial charge in [-0.15, -0.1) is 0 Å². The molecule has 0 saturated heterocycles. The van der Waals surface area contributed by atoms with E-state index in [2.05, 4.69) is 10.7 Å². The van der Waals surface area contributed by atoms with Gasteiger partial charge in [-0.25, -0.2) is 4.79 Å². The third-order valence-corrected chi connectivity index (χ3v) is 5.95. The molecule has 0 spiro atoms. The number of amides is 2. The molecule has 40 heavy (non-hydrogen) atoms. The van der Waals surface area contributed by atoms with Crippen molar-refractivity contribution < 1.29 is 23.9 Å². The molecule has 0 heterocycles. The SMILES string of the molecule is O=C(CC[C@H](NC(=O)OCc1ccccc1)C(=O)NN(c1ccccc1)c1ccccc1)OCc1ccccc1. The summed E-state index contributed by atoms with van der Waals surface area (Å²) in [5, 5.41) is 4.24. The molecule has 0 saturated carbocycles. The van der Waals surface area contributed by atoms with Gasteiger partial charge < -0.3 is 14.8 Å². The van der Waals surface area contributed by atoms with Crippen LogP contribution in [0, 0.1) is 0 Å². The summed E-state index contributed by atoms with van der Waals surface area (Å²) >= 11 is 0. The smallest absolute Gasteiger partial charge is 0.408 e. The Morgan fingerprint density at radius 2 is 1.07 bits per heavy atom. The molecule has 4 rings (SSSR count). The van der Waals surface area contributed by atoms with Crippen molar-refractivity contribution in [1.82, 2.24) is 10.7 Å². The highest BCUT2D eigenvalue weighted by Crippen LogP contribution is 2.22. The number of esters is 1. The zero-order chi connectivity index (χ0) is 28.0. The lowest BCUT2D eigenvalue weighted by Crippen LogP contribution is -2.51. The normalized spacial score (nSPS) is 11.1. The zero-order valence-electron chi connectivity index (χ0n) is 21.9. The van der Waals surface area contributed by atoms with Crippen LogP contribution in [0.3, 0.4) is 0 Å². The summed E-state index contributed by atoms with van der Waals surface area (Å²) in [7, 11) is 0. The number of carbonyl (C=O) groups is 3. The predicted octanol–water partition coefficient (Wildman–Crippen LogP) is 5.67. The van der Waals surface area contributed by atoms with Crippen molar-refractivity contribution in [2.45, 2.75) is 32.1 Å². The fraction of sp³-hybridized carbons (Fsp3) is 0.156. The van der Waals surface area contributed by atoms with Crippen molar-refractivity contribution in [2.75, 3.05) is 5.01 Å². The standard InChI is InChI=1S/C32H31N3O5/c36-30(39-23-25-13-5-1-6-14-25)22-21-29(33-32(38)40-24-26-15-7-2-8-16-26)31(37)34-35(27-17-9-3-10-18-27)28-19-11-4-12-20-28/h1-20,29H,21-24H2,(H,33,38)(H,34,37)/t29-/m0/s1. The molecular weight excluding hydrogens is 506 g/mol. The number of benzene rings is 4. The van der Waals surface area contributed by atoms with E-state index in [1.165, 1.54) is 0 Å². The number of nitrogens with one attached hydrogen (secondary N) is 2. The van der Waals surface area contributed by atoms with Gasteiger partial charge in [0.2, 0.25) is 0 Å². The number of alkyl carbamates (subject to hydrolysis) is 1. The summed E-state index contributed by atoms with van der Waals surface area (Å²) in [5.74, 6) is -0.996. The summed E-state index contributed by atoms with van der Waals surface area (Å²) in [4.78, 5) is 38.7. The van der Waals surface area contributed by atoms with Gasteiger partial charge in [0.1, 0.15) is 19.3 Å². The molecule has 0 fully saturated rings. The van der Waals surface area contributed by atoms with Crippen LogP contribution >= 0.6 is 0 Å². The van der Waals surface area contributed by atoms with E-state index < -0.39 is 24.0 Å². The number of nitrogens with zero attached hydrogens (tertiary/aromatic N) is 1. The molecule has 0 bridgehead atoms. The van der Waals surface area contributed by atoms with Crippen LogP contribution in [0.1, 0.15) is 24.0 Å². The van der Waals surface area contributed by atoms with Crippen LogP contribution in [0.25, 0.3) is 0 Å². The fourth-order valence-corrected chi connectivity index (χ4v) is 3.87. The Hall–Kier alpha value is -5.11. The molecule has 0 radical (unpaired) electrons. The highest BCUT2D eigenvalue weighted by atomic mass is 16.5. The van der Waals surface area contributed by atoms with Gasteiger partial charge in [0.05, 0.1) is 11.4 Å². The third kappa shape index (κ3) is 8.73. The van der Waals surface area contributed by atoms with Crippen LogP contribution in [-0.2, 0) is 32.3 Å². The molecule has 0 aliphatic heterocycles. The number of para-hydroxylation sites is 2. The summed E-state index contributed by atoms with van der Waals surface area (Å²) in [6, 6.07) is 36.1. The minimum absolute atomic E-state index is 0.0112. The van der Waals surface area contributed by atoms with Crippen LogP contribution in [0.2, 0.25) is 0 Å². The van der Waals surface area contributed by atoms with Gasteiger partial charge in [-0.3, -0.25) is 20.0 Å². The number of rotatable bonds is 12. The molecular formula is C32H31N3O5. The molecule has 204 valence electrons. The molecule has 0 unspecified atom stereocenters. The van der Waals surface area contributed by atoms with E-state index in [4.69, 9.17) is 9.47 Å². The predicted molar refractivity (Wildman–Crippen MR) is 152 cm³/mol. The maximum Gasteiger partial charge on any atom is 0.408 e. The van der Waals surface area contributed by atoms with Gasteiger partial charge in [0.25, 0.3) is 5.91 Å². The van der Waals surface area contributed by atoms with E-state index in [1.54, 1.807) is 5.01 Å². The second-order valence-corrected chi connectivity index (χ2v) is 8.93. The van der Waals surface area contributed by atoms with Crippen LogP contribution < -0.4 is 15.8 Å². The van der Waals surface area contributed by atoms with E-state index in [9.17, 15) is 14.4 Å². The first-order valence-electron chi connectivity index (χ1n) is 13.0. The first-order valence-corrected chi connectivity index (χ1v) is 13.0. The van der Waals surface area contributed by atoms with Crippen molar-refractivity contribution in [3.8, 4) is 0 Å². The lowest BCUT2D eigenvalue weighted by Gasteiger charge is -2.28. The molecule has 0 aromatic heterocycles. The Morgan fingerprint density at radius 3 is 1.57 bits per heavy atom. The average molecular weight is 538 g/mol. The van der Waals surface area contributed by atoms with Crippen LogP contribution in [-0.4, -0.2) is 24.0 Å². The number of hydrogen-bond donors (Lipinski definition) is 2. The maximum absolute atomic E-state index is 13.5. The van der Waals surface area contributed by atoms with Gasteiger partial charge in [-0.2, -0.15) is 0 Å². The third-order valence-electron chi connectivity index (χ3n) is 5.95. The molecule has 4 aromatic rings. The Morgan fingerprint density at radius 1 is 0.625 bits per heavy atom. The number of carbonyl (C=O) groups excluding carboxylic acids is 3. The first-order chi connectivity index (χ1) is 19.6. The van der Waals surface area contributed by atoms with Gasteiger partial charge in [-0.05, 0) is 41.8 Å². The maximum atomic E-state index is 13.5. The lowest BCUT2D eigenvalue weighted by atomic mass is 10.1. The quantitative estimate of drug-likeness (QED) is 0.178. The van der Waals surface area contributed by atoms with E-state index in [1.807, 2.05) is 121 Å². The minimum Gasteiger partial charge on any atom is -0.461 e. The molecule has 1 atom stereocenters. The average Bonchev–Trinajstić information content (AvgIpc) is 3.01. The van der Waals surface area contributed by atoms with Crippen molar-refractivity contribution in [3.05, 3.63) is 132 Å². The van der Waals surface area contributed by atoms with Crippen molar-refractivity contribution >= 4 is 29.3 Å². The Kier molecular flexibility index (Phi) is 10.3. The topological polar surface area (TPSA) is 97.0 Å². The minimum atomic E-state index is -1.07. The van der Waals surface area contributed by atoms with E-state index in [0.29, 0.717) is 0 Å². The summed E-state index contributed by atoms with van der Waals surface area (Å²) < 4.78 is 10.7. The fourth-order valence-electron chi connectivity index (χ4n) is 3.87. The van der Waals surface area contributed by atoms with Gasteiger partial charge >= 0.3 is 12.1 Å². The largest absolute Gasteiger partial charge is 0.461 e. The number of anilines is 2. The Balaban J connectivity index is 1.44. The number of hydrazine groups is 1. The van der Waals surface area contributed by atoms with Crippen molar-refractivity contribution in [1.29, 1.82) is 0 Å². The number of ether oxygens (including phenoxy) is 2. The van der Waals surface area contributed by atoms with Crippen LogP contribution in [0.15, 0.2) is 121 Å². The Labute approximate surface area is 233 Å². The molecule has 8 heteroatoms. The van der Waals surface area contributed by atoms with Gasteiger partial charge in [0, 0.05) is 6.42 Å². The van der Waals surface area contributed by atoms with Crippen molar-refractivity contribution in [3.63, 3.8) is 0 Å². The van der Waals surface area contributed by atoms with E-state index in [0.717, 1.165) is 22.5 Å². The first kappa shape index (κ1) is 27.9. The number of hydrogen-bond acceptors (Lipinski definition) is 6. The van der Waals surface area contributed by atoms with Crippen molar-refractivity contribution in [2.24, 2.45) is 0 Å². The van der Waals surface area contributed by atoms with E-state index in [-0.39, 0.29) is 26.1 Å². The lowest BCUT2D eigenvalue weighted by molar-refractivity contribution is -0.145. The van der Waals surface area contributed by atoms with Gasteiger partial charge in [-0.1, -0.05) is 97.1 Å². The summed E-state index contributed by atoms with van der Waals surface area (Å²) in [6.07, 6.45) is -0.842. The summed E-state index contributed by atoms with van der Waals surface area (Å²) in [6.45, 7) is 0.166. The molecule has 2 amide bonds. The molecule has 2 N–H and O–H groups in total.